The minimum absolute atomic E-state index is 0.118. The summed E-state index contributed by atoms with van der Waals surface area (Å²) >= 11 is 5.96. The summed E-state index contributed by atoms with van der Waals surface area (Å²) in [6.07, 6.45) is 3.70. The first-order valence-corrected chi connectivity index (χ1v) is 11.3. The van der Waals surface area contributed by atoms with E-state index in [0.29, 0.717) is 19.8 Å². The molecule has 4 rings (SSSR count). The van der Waals surface area contributed by atoms with E-state index in [9.17, 15) is 4.79 Å². The molecule has 2 aromatic rings. The summed E-state index contributed by atoms with van der Waals surface area (Å²) < 4.78 is 5.43. The van der Waals surface area contributed by atoms with Crippen molar-refractivity contribution in [3.63, 3.8) is 0 Å². The van der Waals surface area contributed by atoms with E-state index in [4.69, 9.17) is 16.3 Å². The Labute approximate surface area is 188 Å². The van der Waals surface area contributed by atoms with Crippen molar-refractivity contribution >= 4 is 23.4 Å². The number of piperidine rings is 1. The molecule has 0 unspecified atom stereocenters. The average molecular weight is 444 g/mol. The van der Waals surface area contributed by atoms with Crippen LogP contribution in [0.3, 0.4) is 0 Å². The van der Waals surface area contributed by atoms with Gasteiger partial charge in [-0.2, -0.15) is 0 Å². The molecule has 0 bridgehead atoms. The maximum atomic E-state index is 12.5. The number of halogens is 1. The van der Waals surface area contributed by atoms with Crippen molar-refractivity contribution in [1.29, 1.82) is 0 Å². The molecule has 2 aliphatic rings. The van der Waals surface area contributed by atoms with Crippen molar-refractivity contribution in [2.24, 2.45) is 0 Å². The molecule has 1 aromatic carbocycles. The Bertz CT molecular complexity index is 849. The lowest BCUT2D eigenvalue weighted by Crippen LogP contribution is -2.47. The van der Waals surface area contributed by atoms with Crippen LogP contribution in [0.4, 0.5) is 10.6 Å². The Morgan fingerprint density at radius 1 is 1.10 bits per heavy atom. The molecule has 2 amide bonds. The van der Waals surface area contributed by atoms with E-state index < -0.39 is 0 Å². The number of carbonyl (C=O) groups is 1. The third-order valence-corrected chi connectivity index (χ3v) is 6.11. The third-order valence-electron chi connectivity index (χ3n) is 5.86. The number of amides is 2. The number of hydrogen-bond donors (Lipinski definition) is 2. The number of likely N-dealkylation sites (tertiary alicyclic amines) is 1. The fourth-order valence-corrected chi connectivity index (χ4v) is 4.25. The van der Waals surface area contributed by atoms with Gasteiger partial charge in [0.1, 0.15) is 5.82 Å². The molecule has 2 saturated heterocycles. The van der Waals surface area contributed by atoms with E-state index in [1.165, 1.54) is 5.56 Å². The summed E-state index contributed by atoms with van der Waals surface area (Å²) in [5, 5.41) is 6.90. The Balaban J connectivity index is 1.21. The highest BCUT2D eigenvalue weighted by molar-refractivity contribution is 6.30. The third kappa shape index (κ3) is 6.32. The summed E-state index contributed by atoms with van der Waals surface area (Å²) in [5.74, 6) is 0.932. The van der Waals surface area contributed by atoms with Crippen LogP contribution in [0.2, 0.25) is 5.02 Å². The second-order valence-corrected chi connectivity index (χ2v) is 8.53. The van der Waals surface area contributed by atoms with Gasteiger partial charge < -0.3 is 20.3 Å². The average Bonchev–Trinajstić information content (AvgIpc) is 2.81. The van der Waals surface area contributed by atoms with Gasteiger partial charge in [-0.1, -0.05) is 29.8 Å². The van der Waals surface area contributed by atoms with Gasteiger partial charge in [0.25, 0.3) is 0 Å². The first kappa shape index (κ1) is 21.9. The molecule has 0 radical (unpaired) electrons. The zero-order chi connectivity index (χ0) is 21.5. The van der Waals surface area contributed by atoms with E-state index in [1.807, 2.05) is 24.3 Å². The van der Waals surface area contributed by atoms with Gasteiger partial charge in [0.2, 0.25) is 0 Å². The predicted molar refractivity (Wildman–Crippen MR) is 122 cm³/mol. The van der Waals surface area contributed by atoms with Crippen LogP contribution in [0.5, 0.6) is 0 Å². The second kappa shape index (κ2) is 10.8. The molecule has 0 atom stereocenters. The molecule has 3 heterocycles. The number of anilines is 1. The van der Waals surface area contributed by atoms with Gasteiger partial charge >= 0.3 is 6.03 Å². The molecule has 2 fully saturated rings. The predicted octanol–water partition coefficient (Wildman–Crippen LogP) is 3.04. The van der Waals surface area contributed by atoms with Crippen molar-refractivity contribution in [3.8, 4) is 0 Å². The SMILES string of the molecule is O=C(NCc1cccnc1N1CCOCC1)NC1CCN(Cc2ccc(Cl)cc2)CC1. The molecule has 166 valence electrons. The molecule has 0 aliphatic carbocycles. The standard InChI is InChI=1S/C23H30ClN5O2/c24-20-5-3-18(4-6-20)17-28-10-7-21(8-11-28)27-23(30)26-16-19-2-1-9-25-22(19)29-12-14-31-15-13-29/h1-6,9,21H,7-8,10-17H2,(H2,26,27,30). The summed E-state index contributed by atoms with van der Waals surface area (Å²) in [5.41, 5.74) is 2.29. The van der Waals surface area contributed by atoms with Gasteiger partial charge in [-0.3, -0.25) is 4.90 Å². The smallest absolute Gasteiger partial charge is 0.315 e. The number of morpholine rings is 1. The summed E-state index contributed by atoms with van der Waals surface area (Å²) in [7, 11) is 0. The van der Waals surface area contributed by atoms with Crippen LogP contribution in [-0.2, 0) is 17.8 Å². The Morgan fingerprint density at radius 2 is 1.84 bits per heavy atom. The van der Waals surface area contributed by atoms with Gasteiger partial charge in [0.05, 0.1) is 13.2 Å². The van der Waals surface area contributed by atoms with Crippen LogP contribution >= 0.6 is 11.6 Å². The molecular formula is C23H30ClN5O2. The number of ether oxygens (including phenoxy) is 1. The number of nitrogens with one attached hydrogen (secondary N) is 2. The maximum Gasteiger partial charge on any atom is 0.315 e. The van der Waals surface area contributed by atoms with E-state index in [0.717, 1.165) is 62.0 Å². The van der Waals surface area contributed by atoms with Crippen LogP contribution < -0.4 is 15.5 Å². The Morgan fingerprint density at radius 3 is 2.58 bits per heavy atom. The van der Waals surface area contributed by atoms with E-state index in [1.54, 1.807) is 6.20 Å². The number of aromatic nitrogens is 1. The maximum absolute atomic E-state index is 12.5. The lowest BCUT2D eigenvalue weighted by molar-refractivity contribution is 0.122. The van der Waals surface area contributed by atoms with Crippen molar-refractivity contribution in [2.75, 3.05) is 44.3 Å². The van der Waals surface area contributed by atoms with Gasteiger partial charge in [-0.15, -0.1) is 0 Å². The number of rotatable bonds is 6. The molecule has 31 heavy (non-hydrogen) atoms. The molecule has 8 heteroatoms. The van der Waals surface area contributed by atoms with Gasteiger partial charge in [-0.05, 0) is 36.6 Å². The van der Waals surface area contributed by atoms with Crippen molar-refractivity contribution in [2.45, 2.75) is 32.0 Å². The van der Waals surface area contributed by atoms with Gasteiger partial charge in [0, 0.05) is 62.1 Å². The molecule has 0 spiro atoms. The normalized spacial score (nSPS) is 18.0. The number of benzene rings is 1. The van der Waals surface area contributed by atoms with E-state index in [-0.39, 0.29) is 12.1 Å². The van der Waals surface area contributed by atoms with Crippen LogP contribution in [0.15, 0.2) is 42.6 Å². The Hall–Kier alpha value is -2.35. The fourth-order valence-electron chi connectivity index (χ4n) is 4.12. The minimum atomic E-state index is -0.118. The number of hydrogen-bond acceptors (Lipinski definition) is 5. The van der Waals surface area contributed by atoms with Crippen molar-refractivity contribution in [3.05, 3.63) is 58.7 Å². The minimum Gasteiger partial charge on any atom is -0.378 e. The zero-order valence-electron chi connectivity index (χ0n) is 17.7. The van der Waals surface area contributed by atoms with Crippen molar-refractivity contribution in [1.82, 2.24) is 20.5 Å². The van der Waals surface area contributed by atoms with Crippen LogP contribution in [0.25, 0.3) is 0 Å². The fraction of sp³-hybridized carbons (Fsp3) is 0.478. The highest BCUT2D eigenvalue weighted by Crippen LogP contribution is 2.19. The quantitative estimate of drug-likeness (QED) is 0.718. The molecule has 1 aromatic heterocycles. The first-order chi connectivity index (χ1) is 15.2. The van der Waals surface area contributed by atoms with Gasteiger partial charge in [0.15, 0.2) is 0 Å². The molecule has 2 aliphatic heterocycles. The topological polar surface area (TPSA) is 69.7 Å². The van der Waals surface area contributed by atoms with Crippen LogP contribution in [0.1, 0.15) is 24.0 Å². The molecular weight excluding hydrogens is 414 g/mol. The van der Waals surface area contributed by atoms with E-state index in [2.05, 4.69) is 37.6 Å². The number of urea groups is 1. The molecule has 2 N–H and O–H groups in total. The summed E-state index contributed by atoms with van der Waals surface area (Å²) in [4.78, 5) is 21.6. The van der Waals surface area contributed by atoms with Crippen LogP contribution in [0, 0.1) is 0 Å². The zero-order valence-corrected chi connectivity index (χ0v) is 18.5. The summed E-state index contributed by atoms with van der Waals surface area (Å²) in [6.45, 7) is 6.38. The molecule has 7 nitrogen and oxygen atoms in total. The number of carbonyl (C=O) groups excluding carboxylic acids is 1. The van der Waals surface area contributed by atoms with Gasteiger partial charge in [-0.25, -0.2) is 9.78 Å². The highest BCUT2D eigenvalue weighted by atomic mass is 35.5. The lowest BCUT2D eigenvalue weighted by Gasteiger charge is -2.32. The largest absolute Gasteiger partial charge is 0.378 e. The monoisotopic (exact) mass is 443 g/mol. The first-order valence-electron chi connectivity index (χ1n) is 10.9. The summed E-state index contributed by atoms with van der Waals surface area (Å²) in [6, 6.07) is 12.0. The van der Waals surface area contributed by atoms with Crippen LogP contribution in [-0.4, -0.2) is 61.3 Å². The Kier molecular flexibility index (Phi) is 7.61. The molecule has 0 saturated carbocycles. The highest BCUT2D eigenvalue weighted by Gasteiger charge is 2.21. The second-order valence-electron chi connectivity index (χ2n) is 8.09. The number of pyridine rings is 1. The lowest BCUT2D eigenvalue weighted by atomic mass is 10.0. The van der Waals surface area contributed by atoms with E-state index >= 15 is 0 Å². The van der Waals surface area contributed by atoms with Crippen molar-refractivity contribution < 1.29 is 9.53 Å². The number of nitrogens with zero attached hydrogens (tertiary/aromatic N) is 3.